The Hall–Kier alpha value is -0.730. The van der Waals surface area contributed by atoms with Gasteiger partial charge in [0.15, 0.2) is 0 Å². The molecule has 2 N–H and O–H groups in total. The van der Waals surface area contributed by atoms with Crippen LogP contribution in [0.5, 0.6) is 5.75 Å². The molecule has 1 saturated carbocycles. The summed E-state index contributed by atoms with van der Waals surface area (Å²) in [6.45, 7) is 0.826. The van der Waals surface area contributed by atoms with Crippen LogP contribution in [-0.4, -0.2) is 16.5 Å². The van der Waals surface area contributed by atoms with Gasteiger partial charge in [0.2, 0.25) is 0 Å². The van der Waals surface area contributed by atoms with E-state index in [2.05, 4.69) is 5.32 Å². The van der Waals surface area contributed by atoms with Gasteiger partial charge in [-0.1, -0.05) is 12.1 Å². The normalized spacial score (nSPS) is 18.5. The lowest BCUT2D eigenvalue weighted by Crippen LogP contribution is -2.52. The maximum Gasteiger partial charge on any atom is 0.115 e. The van der Waals surface area contributed by atoms with Gasteiger partial charge < -0.3 is 10.4 Å². The van der Waals surface area contributed by atoms with Gasteiger partial charge in [-0.25, -0.2) is 0 Å². The van der Waals surface area contributed by atoms with Crippen molar-refractivity contribution in [2.24, 2.45) is 0 Å². The first-order valence-corrected chi connectivity index (χ1v) is 5.86. The Bertz CT molecular complexity index is 313. The maximum absolute atomic E-state index is 9.15. The summed E-state index contributed by atoms with van der Waals surface area (Å²) in [6.07, 6.45) is 3.62. The Labute approximate surface area is 95.3 Å². The molecule has 2 rings (SSSR count). The van der Waals surface area contributed by atoms with Crippen molar-refractivity contribution in [3.05, 3.63) is 29.8 Å². The second kappa shape index (κ2) is 4.42. The van der Waals surface area contributed by atoms with Crippen molar-refractivity contribution in [3.63, 3.8) is 0 Å². The molecule has 0 radical (unpaired) electrons. The van der Waals surface area contributed by atoms with Gasteiger partial charge in [-0.05, 0) is 37.0 Å². The van der Waals surface area contributed by atoms with E-state index in [1.807, 2.05) is 12.1 Å². The first-order chi connectivity index (χ1) is 7.24. The SMILES string of the molecule is Oc1ccc(CNC2(CCl)CCC2)cc1. The Balaban J connectivity index is 1.90. The van der Waals surface area contributed by atoms with Crippen molar-refractivity contribution in [2.45, 2.75) is 31.3 Å². The zero-order chi connectivity index (χ0) is 10.7. The van der Waals surface area contributed by atoms with Crippen molar-refractivity contribution in [1.29, 1.82) is 0 Å². The molecule has 2 nitrogen and oxygen atoms in total. The quantitative estimate of drug-likeness (QED) is 0.773. The topological polar surface area (TPSA) is 32.3 Å². The molecule has 1 aromatic carbocycles. The number of benzene rings is 1. The van der Waals surface area contributed by atoms with Crippen LogP contribution in [0.4, 0.5) is 0 Å². The van der Waals surface area contributed by atoms with Crippen molar-refractivity contribution in [2.75, 3.05) is 5.88 Å². The summed E-state index contributed by atoms with van der Waals surface area (Å²) in [4.78, 5) is 0. The van der Waals surface area contributed by atoms with Crippen molar-refractivity contribution >= 4 is 11.6 Å². The summed E-state index contributed by atoms with van der Waals surface area (Å²) >= 11 is 5.95. The van der Waals surface area contributed by atoms with Gasteiger partial charge in [-0.15, -0.1) is 11.6 Å². The van der Waals surface area contributed by atoms with Crippen LogP contribution in [0, 0.1) is 0 Å². The van der Waals surface area contributed by atoms with Crippen LogP contribution in [-0.2, 0) is 6.54 Å². The first kappa shape index (κ1) is 10.8. The van der Waals surface area contributed by atoms with E-state index in [-0.39, 0.29) is 5.54 Å². The number of halogens is 1. The summed E-state index contributed by atoms with van der Waals surface area (Å²) in [5.41, 5.74) is 1.35. The zero-order valence-corrected chi connectivity index (χ0v) is 9.43. The molecule has 1 aliphatic carbocycles. The third kappa shape index (κ3) is 2.44. The van der Waals surface area contributed by atoms with Crippen molar-refractivity contribution in [3.8, 4) is 5.75 Å². The Morgan fingerprint density at radius 3 is 2.40 bits per heavy atom. The van der Waals surface area contributed by atoms with Crippen LogP contribution in [0.15, 0.2) is 24.3 Å². The number of rotatable bonds is 4. The molecule has 0 heterocycles. The van der Waals surface area contributed by atoms with E-state index < -0.39 is 0 Å². The highest BCUT2D eigenvalue weighted by Crippen LogP contribution is 2.33. The summed E-state index contributed by atoms with van der Waals surface area (Å²) in [5, 5.41) is 12.7. The van der Waals surface area contributed by atoms with E-state index >= 15 is 0 Å². The van der Waals surface area contributed by atoms with Crippen LogP contribution in [0.1, 0.15) is 24.8 Å². The molecule has 82 valence electrons. The molecule has 1 fully saturated rings. The standard InChI is InChI=1S/C12H16ClNO/c13-9-12(6-1-7-12)14-8-10-2-4-11(15)5-3-10/h2-5,14-15H,1,6-9H2. The van der Waals surface area contributed by atoms with Crippen LogP contribution >= 0.6 is 11.6 Å². The fourth-order valence-electron chi connectivity index (χ4n) is 1.86. The van der Waals surface area contributed by atoms with Crippen molar-refractivity contribution < 1.29 is 5.11 Å². The second-order valence-electron chi connectivity index (χ2n) is 4.29. The summed E-state index contributed by atoms with van der Waals surface area (Å²) in [7, 11) is 0. The number of hydrogen-bond donors (Lipinski definition) is 2. The Kier molecular flexibility index (Phi) is 3.17. The lowest BCUT2D eigenvalue weighted by atomic mass is 9.78. The monoisotopic (exact) mass is 225 g/mol. The molecule has 0 aliphatic heterocycles. The number of hydrogen-bond acceptors (Lipinski definition) is 2. The fourth-order valence-corrected chi connectivity index (χ4v) is 2.23. The minimum atomic E-state index is 0.166. The highest BCUT2D eigenvalue weighted by atomic mass is 35.5. The molecule has 3 heteroatoms. The predicted octanol–water partition coefficient (Wildman–Crippen LogP) is 2.64. The van der Waals surface area contributed by atoms with E-state index in [1.54, 1.807) is 12.1 Å². The zero-order valence-electron chi connectivity index (χ0n) is 8.67. The van der Waals surface area contributed by atoms with E-state index in [4.69, 9.17) is 16.7 Å². The molecular formula is C12H16ClNO. The summed E-state index contributed by atoms with van der Waals surface area (Å²) in [6, 6.07) is 7.29. The molecule has 1 aliphatic rings. The van der Waals surface area contributed by atoms with Gasteiger partial charge in [0, 0.05) is 18.0 Å². The van der Waals surface area contributed by atoms with Gasteiger partial charge in [-0.2, -0.15) is 0 Å². The van der Waals surface area contributed by atoms with Crippen LogP contribution in [0.25, 0.3) is 0 Å². The molecule has 0 bridgehead atoms. The molecule has 0 saturated heterocycles. The first-order valence-electron chi connectivity index (χ1n) is 5.33. The van der Waals surface area contributed by atoms with Crippen LogP contribution in [0.2, 0.25) is 0 Å². The van der Waals surface area contributed by atoms with E-state index in [9.17, 15) is 0 Å². The minimum Gasteiger partial charge on any atom is -0.508 e. The highest BCUT2D eigenvalue weighted by molar-refractivity contribution is 6.18. The number of phenols is 1. The van der Waals surface area contributed by atoms with E-state index in [1.165, 1.54) is 24.8 Å². The molecule has 15 heavy (non-hydrogen) atoms. The third-order valence-electron chi connectivity index (χ3n) is 3.17. The van der Waals surface area contributed by atoms with E-state index in [0.29, 0.717) is 11.6 Å². The molecule has 0 unspecified atom stereocenters. The lowest BCUT2D eigenvalue weighted by molar-refractivity contribution is 0.211. The Morgan fingerprint density at radius 2 is 1.93 bits per heavy atom. The number of phenolic OH excluding ortho intramolecular Hbond substituents is 1. The molecule has 0 aromatic heterocycles. The van der Waals surface area contributed by atoms with E-state index in [0.717, 1.165) is 6.54 Å². The number of nitrogens with one attached hydrogen (secondary N) is 1. The molecule has 0 spiro atoms. The average Bonchev–Trinajstić information content (AvgIpc) is 2.20. The van der Waals surface area contributed by atoms with Gasteiger partial charge in [0.05, 0.1) is 0 Å². The molecule has 0 amide bonds. The van der Waals surface area contributed by atoms with Gasteiger partial charge >= 0.3 is 0 Å². The highest BCUT2D eigenvalue weighted by Gasteiger charge is 2.35. The van der Waals surface area contributed by atoms with Crippen molar-refractivity contribution in [1.82, 2.24) is 5.32 Å². The Morgan fingerprint density at radius 1 is 1.27 bits per heavy atom. The lowest BCUT2D eigenvalue weighted by Gasteiger charge is -2.41. The minimum absolute atomic E-state index is 0.166. The van der Waals surface area contributed by atoms with Gasteiger partial charge in [-0.3, -0.25) is 0 Å². The molecular weight excluding hydrogens is 210 g/mol. The largest absolute Gasteiger partial charge is 0.508 e. The smallest absolute Gasteiger partial charge is 0.115 e. The fraction of sp³-hybridized carbons (Fsp3) is 0.500. The predicted molar refractivity (Wildman–Crippen MR) is 62.2 cm³/mol. The van der Waals surface area contributed by atoms with Gasteiger partial charge in [0.1, 0.15) is 5.75 Å². The summed E-state index contributed by atoms with van der Waals surface area (Å²) in [5.74, 6) is 1.000. The van der Waals surface area contributed by atoms with Crippen LogP contribution in [0.3, 0.4) is 0 Å². The van der Waals surface area contributed by atoms with Crippen LogP contribution < -0.4 is 5.32 Å². The summed E-state index contributed by atoms with van der Waals surface area (Å²) < 4.78 is 0. The number of aromatic hydroxyl groups is 1. The maximum atomic E-state index is 9.15. The van der Waals surface area contributed by atoms with Gasteiger partial charge in [0.25, 0.3) is 0 Å². The third-order valence-corrected chi connectivity index (χ3v) is 3.68. The molecule has 1 aromatic rings. The second-order valence-corrected chi connectivity index (χ2v) is 4.55. The molecule has 0 atom stereocenters. The number of alkyl halides is 1. The average molecular weight is 226 g/mol.